The summed E-state index contributed by atoms with van der Waals surface area (Å²) < 4.78 is 23.5. The van der Waals surface area contributed by atoms with Crippen molar-refractivity contribution in [1.29, 1.82) is 0 Å². The van der Waals surface area contributed by atoms with Crippen molar-refractivity contribution < 1.29 is 18.0 Å². The van der Waals surface area contributed by atoms with Crippen molar-refractivity contribution in [3.8, 4) is 0 Å². The third-order valence-corrected chi connectivity index (χ3v) is 7.21. The van der Waals surface area contributed by atoms with E-state index in [2.05, 4.69) is 11.2 Å². The first-order valence-corrected chi connectivity index (χ1v) is 11.2. The molecule has 3 aliphatic heterocycles. The molecule has 0 saturated carbocycles. The van der Waals surface area contributed by atoms with Crippen molar-refractivity contribution >= 4 is 33.1 Å². The van der Waals surface area contributed by atoms with Gasteiger partial charge in [0.15, 0.2) is 9.84 Å². The smallest absolute Gasteiger partial charge is 0.274 e. The molecule has 3 heterocycles. The fourth-order valence-corrected chi connectivity index (χ4v) is 5.76. The van der Waals surface area contributed by atoms with Gasteiger partial charge in [-0.2, -0.15) is 5.10 Å². The second-order valence-electron chi connectivity index (χ2n) is 7.53. The van der Waals surface area contributed by atoms with E-state index in [1.807, 2.05) is 19.1 Å². The van der Waals surface area contributed by atoms with Crippen LogP contribution in [0.15, 0.2) is 23.3 Å². The lowest BCUT2D eigenvalue weighted by molar-refractivity contribution is -0.133. The summed E-state index contributed by atoms with van der Waals surface area (Å²) in [6.07, 6.45) is 2.70. The van der Waals surface area contributed by atoms with Crippen LogP contribution >= 0.6 is 0 Å². The molecule has 0 spiro atoms. The number of nitrogens with zero attached hydrogens (tertiary/aromatic N) is 3. The Bertz CT molecular complexity index is 938. The molecule has 0 unspecified atom stereocenters. The number of rotatable bonds is 2. The maximum Gasteiger partial charge on any atom is 0.274 e. The Morgan fingerprint density at radius 3 is 2.78 bits per heavy atom. The van der Waals surface area contributed by atoms with Crippen molar-refractivity contribution in [2.75, 3.05) is 23.0 Å². The van der Waals surface area contributed by atoms with Gasteiger partial charge in [0, 0.05) is 25.1 Å². The summed E-state index contributed by atoms with van der Waals surface area (Å²) in [5.74, 6) is -0.393. The average Bonchev–Trinajstić information content (AvgIpc) is 3.00. The molecule has 1 aromatic carbocycles. The lowest BCUT2D eigenvalue weighted by Gasteiger charge is -2.32. The van der Waals surface area contributed by atoms with Crippen molar-refractivity contribution in [3.05, 3.63) is 29.3 Å². The van der Waals surface area contributed by atoms with E-state index in [9.17, 15) is 18.0 Å². The standard InChI is InChI=1S/C19H23N3O4S/c1-13-4-6-17-14(11-13)3-2-9-21(17)19(24)16-5-7-18(23)22(20-16)15-8-10-27(25,26)12-15/h4,6,11,15H,2-3,5,7-10,12H2,1H3/t15-/m0/s1. The first-order chi connectivity index (χ1) is 12.8. The molecule has 1 atom stereocenters. The number of sulfone groups is 1. The number of fused-ring (bicyclic) bond motifs is 1. The van der Waals surface area contributed by atoms with E-state index >= 15 is 0 Å². The minimum Gasteiger partial charge on any atom is -0.307 e. The first kappa shape index (κ1) is 18.2. The number of hydrazone groups is 1. The Morgan fingerprint density at radius 2 is 2.04 bits per heavy atom. The monoisotopic (exact) mass is 389 g/mol. The highest BCUT2D eigenvalue weighted by atomic mass is 32.2. The van der Waals surface area contributed by atoms with Crippen molar-refractivity contribution in [1.82, 2.24) is 5.01 Å². The Hall–Kier alpha value is -2.22. The molecule has 8 heteroatoms. The zero-order valence-corrected chi connectivity index (χ0v) is 16.2. The number of anilines is 1. The van der Waals surface area contributed by atoms with Crippen LogP contribution in [0.5, 0.6) is 0 Å². The van der Waals surface area contributed by atoms with E-state index in [1.54, 1.807) is 4.90 Å². The van der Waals surface area contributed by atoms with E-state index in [0.29, 0.717) is 25.1 Å². The van der Waals surface area contributed by atoms with E-state index in [4.69, 9.17) is 0 Å². The molecule has 1 fully saturated rings. The molecule has 7 nitrogen and oxygen atoms in total. The molecule has 0 radical (unpaired) electrons. The van der Waals surface area contributed by atoms with Crippen LogP contribution < -0.4 is 4.90 Å². The molecular formula is C19H23N3O4S. The van der Waals surface area contributed by atoms with Gasteiger partial charge in [-0.15, -0.1) is 0 Å². The molecule has 0 aliphatic carbocycles. The van der Waals surface area contributed by atoms with Gasteiger partial charge in [-0.25, -0.2) is 13.4 Å². The summed E-state index contributed by atoms with van der Waals surface area (Å²) in [4.78, 5) is 27.2. The fourth-order valence-electron chi connectivity index (χ4n) is 4.07. The molecular weight excluding hydrogens is 366 g/mol. The fraction of sp³-hybridized carbons (Fsp3) is 0.526. The van der Waals surface area contributed by atoms with Gasteiger partial charge in [-0.1, -0.05) is 17.7 Å². The highest BCUT2D eigenvalue weighted by molar-refractivity contribution is 7.91. The topological polar surface area (TPSA) is 87.1 Å². The molecule has 4 rings (SSSR count). The van der Waals surface area contributed by atoms with E-state index in [0.717, 1.165) is 29.7 Å². The van der Waals surface area contributed by atoms with Crippen LogP contribution in [0.25, 0.3) is 0 Å². The number of hydrogen-bond donors (Lipinski definition) is 0. The molecule has 0 bridgehead atoms. The van der Waals surface area contributed by atoms with Gasteiger partial charge in [0.2, 0.25) is 5.91 Å². The minimum atomic E-state index is -3.13. The zero-order chi connectivity index (χ0) is 19.2. The number of amides is 2. The summed E-state index contributed by atoms with van der Waals surface area (Å²) >= 11 is 0. The van der Waals surface area contributed by atoms with Crippen LogP contribution in [0.3, 0.4) is 0 Å². The molecule has 27 heavy (non-hydrogen) atoms. The van der Waals surface area contributed by atoms with Gasteiger partial charge in [0.25, 0.3) is 5.91 Å². The molecule has 1 saturated heterocycles. The second-order valence-corrected chi connectivity index (χ2v) is 9.76. The number of carbonyl (C=O) groups excluding carboxylic acids is 2. The van der Waals surface area contributed by atoms with Gasteiger partial charge >= 0.3 is 0 Å². The largest absolute Gasteiger partial charge is 0.307 e. The van der Waals surface area contributed by atoms with Crippen LogP contribution in [-0.2, 0) is 25.8 Å². The van der Waals surface area contributed by atoms with Crippen LogP contribution in [-0.4, -0.2) is 55.0 Å². The van der Waals surface area contributed by atoms with E-state index < -0.39 is 15.9 Å². The highest BCUT2D eigenvalue weighted by Crippen LogP contribution is 2.29. The van der Waals surface area contributed by atoms with Gasteiger partial charge < -0.3 is 4.90 Å². The molecule has 0 aromatic heterocycles. The van der Waals surface area contributed by atoms with Gasteiger partial charge in [-0.3, -0.25) is 9.59 Å². The van der Waals surface area contributed by atoms with Gasteiger partial charge in [0.1, 0.15) is 5.71 Å². The molecule has 1 aromatic rings. The predicted molar refractivity (Wildman–Crippen MR) is 102 cm³/mol. The van der Waals surface area contributed by atoms with Gasteiger partial charge in [0.05, 0.1) is 17.5 Å². The van der Waals surface area contributed by atoms with Crippen LogP contribution in [0, 0.1) is 6.92 Å². The Kier molecular flexibility index (Phi) is 4.53. The third-order valence-electron chi connectivity index (χ3n) is 5.46. The van der Waals surface area contributed by atoms with Crippen molar-refractivity contribution in [2.24, 2.45) is 5.10 Å². The summed E-state index contributed by atoms with van der Waals surface area (Å²) in [7, 11) is -3.13. The van der Waals surface area contributed by atoms with E-state index in [1.165, 1.54) is 5.01 Å². The predicted octanol–water partition coefficient (Wildman–Crippen LogP) is 1.44. The maximum atomic E-state index is 13.1. The molecule has 3 aliphatic rings. The Labute approximate surface area is 158 Å². The Morgan fingerprint density at radius 1 is 1.22 bits per heavy atom. The minimum absolute atomic E-state index is 0.0685. The molecule has 2 amide bonds. The van der Waals surface area contributed by atoms with Gasteiger partial charge in [-0.05, 0) is 37.8 Å². The van der Waals surface area contributed by atoms with Crippen LogP contribution in [0.2, 0.25) is 0 Å². The van der Waals surface area contributed by atoms with E-state index in [-0.39, 0.29) is 29.7 Å². The van der Waals surface area contributed by atoms with Crippen LogP contribution in [0.1, 0.15) is 36.8 Å². The number of hydrogen-bond acceptors (Lipinski definition) is 5. The normalized spacial score (nSPS) is 24.6. The van der Waals surface area contributed by atoms with Crippen molar-refractivity contribution in [2.45, 2.75) is 45.1 Å². The molecule has 144 valence electrons. The number of aryl methyl sites for hydroxylation is 2. The quantitative estimate of drug-likeness (QED) is 0.766. The molecule has 0 N–H and O–H groups in total. The first-order valence-electron chi connectivity index (χ1n) is 9.35. The average molecular weight is 389 g/mol. The third kappa shape index (κ3) is 3.50. The second kappa shape index (κ2) is 6.74. The summed E-state index contributed by atoms with van der Waals surface area (Å²) in [5.41, 5.74) is 3.57. The van der Waals surface area contributed by atoms with Crippen molar-refractivity contribution in [3.63, 3.8) is 0 Å². The number of carbonyl (C=O) groups is 2. The Balaban J connectivity index is 1.61. The summed E-state index contributed by atoms with van der Waals surface area (Å²) in [5, 5.41) is 5.57. The summed E-state index contributed by atoms with van der Waals surface area (Å²) in [6.45, 7) is 2.66. The lowest BCUT2D eigenvalue weighted by Crippen LogP contribution is -2.46. The summed E-state index contributed by atoms with van der Waals surface area (Å²) in [6, 6.07) is 5.61. The SMILES string of the molecule is Cc1ccc2c(c1)CCCN2C(=O)C1=NN([C@H]2CCS(=O)(=O)C2)C(=O)CC1. The number of benzene rings is 1. The maximum absolute atomic E-state index is 13.1. The highest BCUT2D eigenvalue weighted by Gasteiger charge is 2.38. The zero-order valence-electron chi connectivity index (χ0n) is 15.3. The lowest BCUT2D eigenvalue weighted by atomic mass is 9.98. The van der Waals surface area contributed by atoms with Crippen LogP contribution in [0.4, 0.5) is 5.69 Å².